The predicted octanol–water partition coefficient (Wildman–Crippen LogP) is 3.35. The molecule has 2 aromatic rings. The summed E-state index contributed by atoms with van der Waals surface area (Å²) in [5.41, 5.74) is 0.841. The first kappa shape index (κ1) is 24.8. The number of nitrogens with one attached hydrogen (secondary N) is 3. The zero-order valence-electron chi connectivity index (χ0n) is 17.1. The number of hydrogen-bond acceptors (Lipinski definition) is 4. The Morgan fingerprint density at radius 1 is 1.07 bits per heavy atom. The number of para-hydroxylation sites is 1. The standard InChI is InChI=1S/C21H30N4O3.HI/c1-3-22-21(25-14-8-15-27-18-9-5-4-6-10-18)24-13-7-12-23-20(26)19-17(2)11-16-28-19;/h4-6,9-11,16H,3,7-8,12-15H2,1-2H3,(H,23,26)(H2,22,24,25);1H. The van der Waals surface area contributed by atoms with E-state index in [1.54, 1.807) is 6.07 Å². The number of halogens is 1. The van der Waals surface area contributed by atoms with Crippen molar-refractivity contribution in [1.82, 2.24) is 16.0 Å². The van der Waals surface area contributed by atoms with E-state index in [0.717, 1.165) is 36.7 Å². The largest absolute Gasteiger partial charge is 0.494 e. The van der Waals surface area contributed by atoms with Gasteiger partial charge in [-0.1, -0.05) is 18.2 Å². The van der Waals surface area contributed by atoms with E-state index >= 15 is 0 Å². The molecule has 1 aromatic carbocycles. The summed E-state index contributed by atoms with van der Waals surface area (Å²) >= 11 is 0. The lowest BCUT2D eigenvalue weighted by molar-refractivity contribution is 0.0925. The first-order valence-electron chi connectivity index (χ1n) is 9.73. The van der Waals surface area contributed by atoms with Crippen LogP contribution >= 0.6 is 24.0 Å². The molecule has 8 heteroatoms. The molecule has 0 aliphatic carbocycles. The molecule has 0 unspecified atom stereocenters. The molecule has 0 fully saturated rings. The third kappa shape index (κ3) is 9.69. The maximum atomic E-state index is 12.0. The van der Waals surface area contributed by atoms with Crippen molar-refractivity contribution in [2.45, 2.75) is 26.7 Å². The van der Waals surface area contributed by atoms with E-state index in [1.165, 1.54) is 6.26 Å². The number of rotatable bonds is 11. The van der Waals surface area contributed by atoms with Crippen LogP contribution in [0.15, 0.2) is 52.1 Å². The number of ether oxygens (including phenoxy) is 1. The quantitative estimate of drug-likeness (QED) is 0.185. The maximum absolute atomic E-state index is 12.0. The van der Waals surface area contributed by atoms with Crippen LogP contribution in [0.2, 0.25) is 0 Å². The lowest BCUT2D eigenvalue weighted by Gasteiger charge is -2.11. The fourth-order valence-corrected chi connectivity index (χ4v) is 2.49. The minimum Gasteiger partial charge on any atom is -0.494 e. The van der Waals surface area contributed by atoms with Gasteiger partial charge in [0.25, 0.3) is 5.91 Å². The molecule has 29 heavy (non-hydrogen) atoms. The van der Waals surface area contributed by atoms with Gasteiger partial charge < -0.3 is 25.1 Å². The van der Waals surface area contributed by atoms with Crippen LogP contribution in [-0.4, -0.2) is 44.7 Å². The van der Waals surface area contributed by atoms with Crippen molar-refractivity contribution < 1.29 is 13.9 Å². The van der Waals surface area contributed by atoms with Crippen molar-refractivity contribution in [2.24, 2.45) is 4.99 Å². The van der Waals surface area contributed by atoms with Crippen molar-refractivity contribution in [1.29, 1.82) is 0 Å². The molecular formula is C21H31IN4O3. The van der Waals surface area contributed by atoms with E-state index in [4.69, 9.17) is 9.15 Å². The maximum Gasteiger partial charge on any atom is 0.287 e. The Bertz CT molecular complexity index is 735. The van der Waals surface area contributed by atoms with Crippen LogP contribution in [0.3, 0.4) is 0 Å². The number of amides is 1. The number of furan rings is 1. The fourth-order valence-electron chi connectivity index (χ4n) is 2.49. The molecule has 1 amide bonds. The van der Waals surface area contributed by atoms with Crippen LogP contribution in [-0.2, 0) is 0 Å². The molecular weight excluding hydrogens is 483 g/mol. The van der Waals surface area contributed by atoms with Gasteiger partial charge in [0.2, 0.25) is 0 Å². The second-order valence-corrected chi connectivity index (χ2v) is 6.24. The molecule has 3 N–H and O–H groups in total. The molecule has 0 saturated heterocycles. The van der Waals surface area contributed by atoms with Crippen LogP contribution in [0.1, 0.15) is 35.9 Å². The molecule has 0 bridgehead atoms. The van der Waals surface area contributed by atoms with Gasteiger partial charge in [-0.15, -0.1) is 24.0 Å². The minimum atomic E-state index is -0.179. The van der Waals surface area contributed by atoms with Crippen molar-refractivity contribution in [2.75, 3.05) is 32.8 Å². The topological polar surface area (TPSA) is 87.9 Å². The number of carbonyl (C=O) groups is 1. The van der Waals surface area contributed by atoms with Gasteiger partial charge in [-0.2, -0.15) is 0 Å². The van der Waals surface area contributed by atoms with Crippen LogP contribution in [0.4, 0.5) is 0 Å². The third-order valence-electron chi connectivity index (χ3n) is 3.93. The van der Waals surface area contributed by atoms with Crippen LogP contribution < -0.4 is 20.7 Å². The number of guanidine groups is 1. The first-order valence-corrected chi connectivity index (χ1v) is 9.73. The Labute approximate surface area is 189 Å². The molecule has 1 heterocycles. The Balaban J connectivity index is 0.00000420. The summed E-state index contributed by atoms with van der Waals surface area (Å²) < 4.78 is 10.8. The van der Waals surface area contributed by atoms with Gasteiger partial charge in [-0.05, 0) is 38.5 Å². The number of aryl methyl sites for hydroxylation is 1. The van der Waals surface area contributed by atoms with Crippen LogP contribution in [0.5, 0.6) is 5.75 Å². The highest BCUT2D eigenvalue weighted by Gasteiger charge is 2.11. The Hall–Kier alpha value is -2.23. The number of hydrogen-bond donors (Lipinski definition) is 3. The lowest BCUT2D eigenvalue weighted by Crippen LogP contribution is -2.39. The van der Waals surface area contributed by atoms with Crippen molar-refractivity contribution >= 4 is 35.8 Å². The smallest absolute Gasteiger partial charge is 0.287 e. The number of aliphatic imine (C=N–C) groups is 1. The highest BCUT2D eigenvalue weighted by atomic mass is 127. The molecule has 1 aromatic heterocycles. The average molecular weight is 514 g/mol. The highest BCUT2D eigenvalue weighted by Crippen LogP contribution is 2.08. The van der Waals surface area contributed by atoms with E-state index in [9.17, 15) is 4.79 Å². The summed E-state index contributed by atoms with van der Waals surface area (Å²) in [6, 6.07) is 11.6. The SMILES string of the molecule is CCNC(=NCCCOc1ccccc1)NCCCNC(=O)c1occc1C.I. The summed E-state index contributed by atoms with van der Waals surface area (Å²) in [7, 11) is 0. The van der Waals surface area contributed by atoms with Gasteiger partial charge in [0.05, 0.1) is 12.9 Å². The van der Waals surface area contributed by atoms with Gasteiger partial charge in [0.15, 0.2) is 11.7 Å². The Morgan fingerprint density at radius 3 is 2.52 bits per heavy atom. The zero-order chi connectivity index (χ0) is 20.0. The van der Waals surface area contributed by atoms with E-state index in [1.807, 2.05) is 44.2 Å². The molecule has 160 valence electrons. The summed E-state index contributed by atoms with van der Waals surface area (Å²) in [5, 5.41) is 9.35. The van der Waals surface area contributed by atoms with Gasteiger partial charge in [-0.3, -0.25) is 9.79 Å². The molecule has 2 rings (SSSR count). The van der Waals surface area contributed by atoms with Crippen LogP contribution in [0, 0.1) is 6.92 Å². The lowest BCUT2D eigenvalue weighted by atomic mass is 10.2. The zero-order valence-corrected chi connectivity index (χ0v) is 19.4. The number of nitrogens with zero attached hydrogens (tertiary/aromatic N) is 1. The second-order valence-electron chi connectivity index (χ2n) is 6.24. The van der Waals surface area contributed by atoms with Gasteiger partial charge in [0.1, 0.15) is 5.75 Å². The predicted molar refractivity (Wildman–Crippen MR) is 126 cm³/mol. The summed E-state index contributed by atoms with van der Waals surface area (Å²) in [6.07, 6.45) is 3.15. The summed E-state index contributed by atoms with van der Waals surface area (Å²) in [6.45, 7) is 7.26. The number of carbonyl (C=O) groups excluding carboxylic acids is 1. The molecule has 0 saturated carbocycles. The van der Waals surface area contributed by atoms with Gasteiger partial charge >= 0.3 is 0 Å². The molecule has 0 spiro atoms. The van der Waals surface area contributed by atoms with Crippen LogP contribution in [0.25, 0.3) is 0 Å². The Morgan fingerprint density at radius 2 is 1.83 bits per heavy atom. The van der Waals surface area contributed by atoms with Gasteiger partial charge in [-0.25, -0.2) is 0 Å². The second kappa shape index (κ2) is 14.7. The Kier molecular flexibility index (Phi) is 12.6. The summed E-state index contributed by atoms with van der Waals surface area (Å²) in [5.74, 6) is 1.85. The molecule has 0 aliphatic rings. The average Bonchev–Trinajstić information content (AvgIpc) is 3.14. The van der Waals surface area contributed by atoms with E-state index in [2.05, 4.69) is 20.9 Å². The molecule has 0 atom stereocenters. The van der Waals surface area contributed by atoms with E-state index in [-0.39, 0.29) is 29.9 Å². The third-order valence-corrected chi connectivity index (χ3v) is 3.93. The first-order chi connectivity index (χ1) is 13.7. The number of benzene rings is 1. The molecule has 0 radical (unpaired) electrons. The van der Waals surface area contributed by atoms with Crippen molar-refractivity contribution in [3.8, 4) is 5.75 Å². The summed E-state index contributed by atoms with van der Waals surface area (Å²) in [4.78, 5) is 16.5. The molecule has 7 nitrogen and oxygen atoms in total. The normalized spacial score (nSPS) is 10.8. The molecule has 0 aliphatic heterocycles. The fraction of sp³-hybridized carbons (Fsp3) is 0.429. The van der Waals surface area contributed by atoms with E-state index < -0.39 is 0 Å². The minimum absolute atomic E-state index is 0. The monoisotopic (exact) mass is 514 g/mol. The highest BCUT2D eigenvalue weighted by molar-refractivity contribution is 14.0. The van der Waals surface area contributed by atoms with E-state index in [0.29, 0.717) is 32.0 Å². The van der Waals surface area contributed by atoms with Crippen molar-refractivity contribution in [3.63, 3.8) is 0 Å². The van der Waals surface area contributed by atoms with Gasteiger partial charge in [0, 0.05) is 38.2 Å². The van der Waals surface area contributed by atoms with Crippen molar-refractivity contribution in [3.05, 3.63) is 54.0 Å².